The van der Waals surface area contributed by atoms with Gasteiger partial charge in [-0.05, 0) is 59.8 Å². The van der Waals surface area contributed by atoms with Crippen LogP contribution in [-0.2, 0) is 9.59 Å². The smallest absolute Gasteiger partial charge is 0.224 e. The highest BCUT2D eigenvalue weighted by Crippen LogP contribution is 2.26. The van der Waals surface area contributed by atoms with E-state index in [0.717, 1.165) is 17.1 Å². The van der Waals surface area contributed by atoms with Gasteiger partial charge in [-0.15, -0.1) is 0 Å². The lowest BCUT2D eigenvalue weighted by Gasteiger charge is -2.20. The number of aliphatic hydroxyl groups excluding tert-OH is 1. The molecule has 0 saturated heterocycles. The molecular formula is C27H38N4O3. The molecule has 0 aliphatic rings. The van der Waals surface area contributed by atoms with Gasteiger partial charge in [0.05, 0.1) is 6.61 Å². The summed E-state index contributed by atoms with van der Waals surface area (Å²) in [5, 5.41) is 13.2. The maximum absolute atomic E-state index is 11.5. The first kappa shape index (κ1) is 28.6. The Kier molecular flexibility index (Phi) is 12.3. The second kappa shape index (κ2) is 14.6. The molecule has 1 aromatic heterocycles. The molecule has 0 bridgehead atoms. The molecule has 0 saturated carbocycles. The molecular weight excluding hydrogens is 428 g/mol. The number of allylic oxidation sites excluding steroid dienone is 5. The van der Waals surface area contributed by atoms with Crippen LogP contribution in [0.15, 0.2) is 66.5 Å². The molecule has 0 aliphatic heterocycles. The van der Waals surface area contributed by atoms with Crippen LogP contribution in [0, 0.1) is 5.41 Å². The summed E-state index contributed by atoms with van der Waals surface area (Å²) in [7, 11) is 1.95. The first-order valence-electron chi connectivity index (χ1n) is 11.3. The summed E-state index contributed by atoms with van der Waals surface area (Å²) < 4.78 is 0. The zero-order chi connectivity index (χ0) is 25.6. The number of aromatic nitrogens is 1. The van der Waals surface area contributed by atoms with E-state index < -0.39 is 0 Å². The fourth-order valence-electron chi connectivity index (χ4n) is 2.95. The Balaban J connectivity index is 0.000000344. The van der Waals surface area contributed by atoms with Gasteiger partial charge in [0.15, 0.2) is 0 Å². The number of hydrogen-bond acceptors (Lipinski definition) is 6. The predicted molar refractivity (Wildman–Crippen MR) is 141 cm³/mol. The van der Waals surface area contributed by atoms with Crippen LogP contribution in [0.5, 0.6) is 0 Å². The number of benzene rings is 1. The van der Waals surface area contributed by atoms with Gasteiger partial charge in [-0.2, -0.15) is 0 Å². The third-order valence-electron chi connectivity index (χ3n) is 4.85. The van der Waals surface area contributed by atoms with E-state index in [1.54, 1.807) is 12.3 Å². The van der Waals surface area contributed by atoms with Crippen LogP contribution >= 0.6 is 0 Å². The Morgan fingerprint density at radius 1 is 1.26 bits per heavy atom. The zero-order valence-electron chi connectivity index (χ0n) is 20.9. The molecule has 0 atom stereocenters. The number of amides is 1. The van der Waals surface area contributed by atoms with Crippen LogP contribution in [0.2, 0.25) is 0 Å². The Bertz CT molecular complexity index is 1020. The van der Waals surface area contributed by atoms with Crippen molar-refractivity contribution in [2.45, 2.75) is 40.5 Å². The van der Waals surface area contributed by atoms with Crippen molar-refractivity contribution in [3.8, 4) is 0 Å². The molecule has 1 amide bonds. The largest absolute Gasteiger partial charge is 0.395 e. The number of nitrogens with one attached hydrogen (secondary N) is 1. The van der Waals surface area contributed by atoms with Gasteiger partial charge in [0.1, 0.15) is 12.1 Å². The molecule has 1 heterocycles. The molecule has 7 heteroatoms. The van der Waals surface area contributed by atoms with Gasteiger partial charge in [-0.1, -0.05) is 39.0 Å². The van der Waals surface area contributed by atoms with Gasteiger partial charge in [0.25, 0.3) is 0 Å². The molecule has 7 nitrogen and oxygen atoms in total. The molecule has 184 valence electrons. The van der Waals surface area contributed by atoms with Crippen molar-refractivity contribution in [1.82, 2.24) is 9.88 Å². The van der Waals surface area contributed by atoms with Crippen molar-refractivity contribution in [1.29, 1.82) is 0 Å². The number of likely N-dealkylation sites (N-methyl/N-ethyl adjacent to an activating group) is 1. The Hall–Kier alpha value is -3.45. The molecule has 34 heavy (non-hydrogen) atoms. The molecule has 0 fully saturated rings. The molecule has 4 N–H and O–H groups in total. The highest BCUT2D eigenvalue weighted by Gasteiger charge is 2.13. The topological polar surface area (TPSA) is 109 Å². The minimum Gasteiger partial charge on any atom is -0.395 e. The van der Waals surface area contributed by atoms with Crippen molar-refractivity contribution in [2.24, 2.45) is 5.41 Å². The maximum Gasteiger partial charge on any atom is 0.224 e. The molecule has 2 aromatic rings. The van der Waals surface area contributed by atoms with E-state index in [2.05, 4.69) is 49.3 Å². The van der Waals surface area contributed by atoms with Gasteiger partial charge >= 0.3 is 0 Å². The number of nitrogens with two attached hydrogens (primary N) is 1. The van der Waals surface area contributed by atoms with Crippen LogP contribution in [0.1, 0.15) is 40.5 Å². The van der Waals surface area contributed by atoms with E-state index in [9.17, 15) is 9.59 Å². The van der Waals surface area contributed by atoms with E-state index in [4.69, 9.17) is 10.8 Å². The summed E-state index contributed by atoms with van der Waals surface area (Å²) in [6.45, 7) is 9.48. The third kappa shape index (κ3) is 10.4. The Morgan fingerprint density at radius 3 is 2.62 bits per heavy atom. The van der Waals surface area contributed by atoms with Crippen molar-refractivity contribution in [3.05, 3.63) is 66.5 Å². The zero-order valence-corrected chi connectivity index (χ0v) is 20.9. The number of carbonyl (C=O) groups is 2. The van der Waals surface area contributed by atoms with Gasteiger partial charge in [0.2, 0.25) is 5.91 Å². The van der Waals surface area contributed by atoms with E-state index in [1.807, 2.05) is 49.3 Å². The fraction of sp³-hybridized carbons (Fsp3) is 0.370. The number of aliphatic hydroxyl groups is 1. The summed E-state index contributed by atoms with van der Waals surface area (Å²) in [5.74, 6) is 0.287. The number of anilines is 2. The normalized spacial score (nSPS) is 12.0. The van der Waals surface area contributed by atoms with Gasteiger partial charge in [0, 0.05) is 43.7 Å². The second-order valence-electron chi connectivity index (χ2n) is 8.80. The number of hydrogen-bond donors (Lipinski definition) is 3. The van der Waals surface area contributed by atoms with E-state index in [1.165, 1.54) is 5.57 Å². The lowest BCUT2D eigenvalue weighted by atomic mass is 9.86. The third-order valence-corrected chi connectivity index (χ3v) is 4.85. The summed E-state index contributed by atoms with van der Waals surface area (Å²) in [6.07, 6.45) is 13.1. The minimum absolute atomic E-state index is 0.159. The second-order valence-corrected chi connectivity index (χ2v) is 8.80. The van der Waals surface area contributed by atoms with E-state index >= 15 is 0 Å². The summed E-state index contributed by atoms with van der Waals surface area (Å²) in [5.41, 5.74) is 7.87. The molecule has 2 rings (SSSR count). The van der Waals surface area contributed by atoms with E-state index in [-0.39, 0.29) is 30.8 Å². The number of carbonyl (C=O) groups excluding carboxylic acids is 2. The highest BCUT2D eigenvalue weighted by molar-refractivity contribution is 5.97. The molecule has 0 radical (unpaired) electrons. The number of nitrogens with zero attached hydrogens (tertiary/aromatic N) is 2. The first-order valence-corrected chi connectivity index (χ1v) is 11.3. The summed E-state index contributed by atoms with van der Waals surface area (Å²) in [6, 6.07) is 7.23. The minimum atomic E-state index is -0.177. The van der Waals surface area contributed by atoms with Crippen molar-refractivity contribution in [2.75, 3.05) is 31.2 Å². The number of rotatable bonds is 9. The highest BCUT2D eigenvalue weighted by atomic mass is 16.3. The Morgan fingerprint density at radius 2 is 2.00 bits per heavy atom. The number of nitrogen functional groups attached to an aromatic ring is 1. The molecule has 0 spiro atoms. The standard InChI is InChI=1S/C14H25NO.C13H13N3O2/c1-6-8-13(14(2,3)4)9-7-10-15(5)11-12-16;14-13-11-4-3-10(8-9(11)5-6-15-13)16-12(18)2-1-7-17/h6-10,16H,11-12H2,1-5H3;3-8H,1-2H2,(H2,14,15)(H,16,18)/b8-6-,10-7+,13-9+;. The summed E-state index contributed by atoms with van der Waals surface area (Å²) >= 11 is 0. The number of pyridine rings is 1. The Labute approximate surface area is 203 Å². The lowest BCUT2D eigenvalue weighted by molar-refractivity contribution is -0.118. The van der Waals surface area contributed by atoms with Crippen molar-refractivity contribution >= 4 is 34.5 Å². The van der Waals surface area contributed by atoms with Crippen LogP contribution in [0.25, 0.3) is 10.8 Å². The van der Waals surface area contributed by atoms with Gasteiger partial charge < -0.3 is 25.9 Å². The fourth-order valence-corrected chi connectivity index (χ4v) is 2.95. The molecule has 0 unspecified atom stereocenters. The number of aldehydes is 1. The SMILES string of the molecule is C\C=C/C(=C\C=C\N(C)CCO)C(C)(C)C.Nc1nccc2cc(NC(=O)CCC=O)ccc12. The van der Waals surface area contributed by atoms with Gasteiger partial charge in [-0.3, -0.25) is 4.79 Å². The lowest BCUT2D eigenvalue weighted by Crippen LogP contribution is -2.15. The maximum atomic E-state index is 11.5. The predicted octanol–water partition coefficient (Wildman–Crippen LogP) is 4.71. The molecule has 1 aromatic carbocycles. The van der Waals surface area contributed by atoms with Crippen LogP contribution in [-0.4, -0.2) is 47.4 Å². The van der Waals surface area contributed by atoms with Crippen LogP contribution in [0.4, 0.5) is 11.5 Å². The quantitative estimate of drug-likeness (QED) is 0.365. The van der Waals surface area contributed by atoms with Crippen molar-refractivity contribution in [3.63, 3.8) is 0 Å². The number of fused-ring (bicyclic) bond motifs is 1. The molecule has 0 aliphatic carbocycles. The first-order chi connectivity index (χ1) is 16.1. The van der Waals surface area contributed by atoms with Crippen LogP contribution < -0.4 is 11.1 Å². The average molecular weight is 467 g/mol. The monoisotopic (exact) mass is 466 g/mol. The van der Waals surface area contributed by atoms with Crippen LogP contribution in [0.3, 0.4) is 0 Å². The van der Waals surface area contributed by atoms with Crippen molar-refractivity contribution < 1.29 is 14.7 Å². The average Bonchev–Trinajstić information content (AvgIpc) is 2.77. The van der Waals surface area contributed by atoms with Gasteiger partial charge in [-0.25, -0.2) is 4.98 Å². The van der Waals surface area contributed by atoms with E-state index in [0.29, 0.717) is 18.1 Å². The summed E-state index contributed by atoms with van der Waals surface area (Å²) in [4.78, 5) is 27.6.